The zero-order chi connectivity index (χ0) is 10.3. The predicted octanol–water partition coefficient (Wildman–Crippen LogP) is 3.41. The molecular weight excluding hydrogens is 240 g/mol. The molecule has 0 saturated heterocycles. The number of hydrogen-bond donors (Lipinski definition) is 0. The summed E-state index contributed by atoms with van der Waals surface area (Å²) >= 11 is 3.58. The van der Waals surface area contributed by atoms with Crippen LogP contribution in [0.1, 0.15) is 50.8 Å². The standard InChI is InChI=1S/C11H15BrN2/c1-11(2,3)10-9(7-4-5-7)8(12)6-13-14-10/h6-7H,4-5H2,1-3H3. The van der Waals surface area contributed by atoms with E-state index in [1.807, 2.05) is 6.20 Å². The maximum atomic E-state index is 4.29. The minimum absolute atomic E-state index is 0.0920. The van der Waals surface area contributed by atoms with Gasteiger partial charge in [0, 0.05) is 9.89 Å². The summed E-state index contributed by atoms with van der Waals surface area (Å²) in [6.07, 6.45) is 4.41. The van der Waals surface area contributed by atoms with Gasteiger partial charge in [0.25, 0.3) is 0 Å². The van der Waals surface area contributed by atoms with Crippen molar-refractivity contribution in [1.29, 1.82) is 0 Å². The van der Waals surface area contributed by atoms with Crippen LogP contribution in [0.4, 0.5) is 0 Å². The van der Waals surface area contributed by atoms with Gasteiger partial charge in [0.05, 0.1) is 11.9 Å². The molecule has 2 rings (SSSR count). The largest absolute Gasteiger partial charge is 0.158 e. The number of rotatable bonds is 1. The highest BCUT2D eigenvalue weighted by Gasteiger charge is 2.32. The van der Waals surface area contributed by atoms with Crippen molar-refractivity contribution >= 4 is 15.9 Å². The summed E-state index contributed by atoms with van der Waals surface area (Å²) in [7, 11) is 0. The molecule has 1 heterocycles. The molecule has 0 aromatic carbocycles. The molecule has 0 amide bonds. The van der Waals surface area contributed by atoms with Crippen LogP contribution in [0.15, 0.2) is 10.7 Å². The Bertz CT molecular complexity index is 351. The third-order valence-corrected chi connectivity index (χ3v) is 3.17. The number of hydrogen-bond acceptors (Lipinski definition) is 2. The first-order valence-electron chi connectivity index (χ1n) is 5.01. The third kappa shape index (κ3) is 1.83. The van der Waals surface area contributed by atoms with Crippen molar-refractivity contribution in [2.75, 3.05) is 0 Å². The van der Waals surface area contributed by atoms with Gasteiger partial charge in [-0.05, 0) is 40.3 Å². The van der Waals surface area contributed by atoms with Gasteiger partial charge in [-0.1, -0.05) is 20.8 Å². The van der Waals surface area contributed by atoms with Gasteiger partial charge in [-0.2, -0.15) is 10.2 Å². The van der Waals surface area contributed by atoms with Crippen LogP contribution in [-0.2, 0) is 5.41 Å². The Morgan fingerprint density at radius 1 is 1.36 bits per heavy atom. The summed E-state index contributed by atoms with van der Waals surface area (Å²) < 4.78 is 1.12. The fourth-order valence-corrected chi connectivity index (χ4v) is 2.29. The van der Waals surface area contributed by atoms with Crippen molar-refractivity contribution in [3.8, 4) is 0 Å². The summed E-state index contributed by atoms with van der Waals surface area (Å²) in [4.78, 5) is 0. The molecule has 3 heteroatoms. The highest BCUT2D eigenvalue weighted by Crippen LogP contribution is 2.46. The lowest BCUT2D eigenvalue weighted by Gasteiger charge is -2.21. The van der Waals surface area contributed by atoms with E-state index in [2.05, 4.69) is 46.9 Å². The lowest BCUT2D eigenvalue weighted by Crippen LogP contribution is -2.17. The summed E-state index contributed by atoms with van der Waals surface area (Å²) in [6, 6.07) is 0. The summed E-state index contributed by atoms with van der Waals surface area (Å²) in [5.41, 5.74) is 2.62. The molecule has 1 fully saturated rings. The van der Waals surface area contributed by atoms with Gasteiger partial charge >= 0.3 is 0 Å². The van der Waals surface area contributed by atoms with Gasteiger partial charge in [0.15, 0.2) is 0 Å². The molecule has 14 heavy (non-hydrogen) atoms. The van der Waals surface area contributed by atoms with E-state index in [0.29, 0.717) is 5.92 Å². The maximum Gasteiger partial charge on any atom is 0.0730 e. The topological polar surface area (TPSA) is 25.8 Å². The van der Waals surface area contributed by atoms with E-state index in [0.717, 1.165) is 10.2 Å². The molecule has 1 aromatic rings. The highest BCUT2D eigenvalue weighted by molar-refractivity contribution is 9.10. The predicted molar refractivity (Wildman–Crippen MR) is 60.4 cm³/mol. The Morgan fingerprint density at radius 3 is 2.50 bits per heavy atom. The Hall–Kier alpha value is -0.440. The molecule has 76 valence electrons. The lowest BCUT2D eigenvalue weighted by molar-refractivity contribution is 0.548. The molecule has 0 N–H and O–H groups in total. The SMILES string of the molecule is CC(C)(C)c1nncc(Br)c1C1CC1. The molecule has 0 aliphatic heterocycles. The van der Waals surface area contributed by atoms with Gasteiger partial charge in [0.2, 0.25) is 0 Å². The lowest BCUT2D eigenvalue weighted by atomic mass is 9.87. The zero-order valence-corrected chi connectivity index (χ0v) is 10.4. The van der Waals surface area contributed by atoms with Crippen molar-refractivity contribution in [3.05, 3.63) is 21.9 Å². The first-order valence-corrected chi connectivity index (χ1v) is 5.81. The minimum Gasteiger partial charge on any atom is -0.158 e. The van der Waals surface area contributed by atoms with Crippen molar-refractivity contribution < 1.29 is 0 Å². The van der Waals surface area contributed by atoms with Crippen LogP contribution in [0.2, 0.25) is 0 Å². The molecule has 0 unspecified atom stereocenters. The average molecular weight is 255 g/mol. The van der Waals surface area contributed by atoms with E-state index in [9.17, 15) is 0 Å². The first-order chi connectivity index (χ1) is 6.50. The van der Waals surface area contributed by atoms with E-state index in [1.165, 1.54) is 18.4 Å². The average Bonchev–Trinajstić information content (AvgIpc) is 2.85. The normalized spacial score (nSPS) is 17.1. The van der Waals surface area contributed by atoms with Crippen LogP contribution in [0.5, 0.6) is 0 Å². The third-order valence-electron chi connectivity index (χ3n) is 2.54. The van der Waals surface area contributed by atoms with Crippen LogP contribution < -0.4 is 0 Å². The van der Waals surface area contributed by atoms with Crippen LogP contribution in [0.25, 0.3) is 0 Å². The summed E-state index contributed by atoms with van der Waals surface area (Å²) in [6.45, 7) is 6.57. The second-order valence-corrected chi connectivity index (χ2v) is 5.83. The zero-order valence-electron chi connectivity index (χ0n) is 8.84. The number of nitrogens with zero attached hydrogens (tertiary/aromatic N) is 2. The Balaban J connectivity index is 2.53. The molecule has 0 bridgehead atoms. The Kier molecular flexibility index (Phi) is 2.38. The van der Waals surface area contributed by atoms with E-state index >= 15 is 0 Å². The number of halogens is 1. The van der Waals surface area contributed by atoms with E-state index in [1.54, 1.807) is 0 Å². The van der Waals surface area contributed by atoms with Crippen LogP contribution in [-0.4, -0.2) is 10.2 Å². The first kappa shape index (κ1) is 10.1. The van der Waals surface area contributed by atoms with Gasteiger partial charge in [0.1, 0.15) is 0 Å². The Morgan fingerprint density at radius 2 is 2.00 bits per heavy atom. The molecule has 1 aliphatic carbocycles. The molecule has 0 atom stereocenters. The van der Waals surface area contributed by atoms with Gasteiger partial charge in [-0.25, -0.2) is 0 Å². The van der Waals surface area contributed by atoms with Crippen LogP contribution in [0.3, 0.4) is 0 Å². The molecule has 1 saturated carbocycles. The van der Waals surface area contributed by atoms with Crippen molar-refractivity contribution in [1.82, 2.24) is 10.2 Å². The van der Waals surface area contributed by atoms with Gasteiger partial charge in [-0.15, -0.1) is 0 Å². The number of aromatic nitrogens is 2. The fourth-order valence-electron chi connectivity index (χ4n) is 1.69. The molecule has 1 aliphatic rings. The van der Waals surface area contributed by atoms with E-state index in [-0.39, 0.29) is 5.41 Å². The van der Waals surface area contributed by atoms with Crippen molar-refractivity contribution in [2.24, 2.45) is 0 Å². The quantitative estimate of drug-likeness (QED) is 0.768. The summed E-state index contributed by atoms with van der Waals surface area (Å²) in [5.74, 6) is 0.717. The summed E-state index contributed by atoms with van der Waals surface area (Å²) in [5, 5.41) is 8.32. The molecule has 1 aromatic heterocycles. The fraction of sp³-hybridized carbons (Fsp3) is 0.636. The van der Waals surface area contributed by atoms with E-state index < -0.39 is 0 Å². The van der Waals surface area contributed by atoms with E-state index in [4.69, 9.17) is 0 Å². The van der Waals surface area contributed by atoms with Crippen molar-refractivity contribution in [3.63, 3.8) is 0 Å². The molecular formula is C11H15BrN2. The van der Waals surface area contributed by atoms with Gasteiger partial charge in [-0.3, -0.25) is 0 Å². The minimum atomic E-state index is 0.0920. The monoisotopic (exact) mass is 254 g/mol. The van der Waals surface area contributed by atoms with Crippen LogP contribution in [0, 0.1) is 0 Å². The highest BCUT2D eigenvalue weighted by atomic mass is 79.9. The Labute approximate surface area is 93.3 Å². The molecule has 2 nitrogen and oxygen atoms in total. The van der Waals surface area contributed by atoms with Gasteiger partial charge < -0.3 is 0 Å². The second kappa shape index (κ2) is 3.30. The molecule has 0 spiro atoms. The smallest absolute Gasteiger partial charge is 0.0730 e. The maximum absolute atomic E-state index is 4.29. The van der Waals surface area contributed by atoms with Crippen LogP contribution >= 0.6 is 15.9 Å². The second-order valence-electron chi connectivity index (χ2n) is 4.98. The van der Waals surface area contributed by atoms with Crippen molar-refractivity contribution in [2.45, 2.75) is 44.9 Å². The molecule has 0 radical (unpaired) electrons.